The molecule has 0 aliphatic carbocycles. The number of aromatic amines is 1. The predicted molar refractivity (Wildman–Crippen MR) is 118 cm³/mol. The lowest BCUT2D eigenvalue weighted by Gasteiger charge is -2.17. The van der Waals surface area contributed by atoms with Crippen molar-refractivity contribution in [2.45, 2.75) is 44.8 Å². The van der Waals surface area contributed by atoms with Gasteiger partial charge in [0.05, 0.1) is 31.4 Å². The lowest BCUT2D eigenvalue weighted by atomic mass is 9.91. The average Bonchev–Trinajstić information content (AvgIpc) is 3.20. The molecule has 3 aromatic rings. The van der Waals surface area contributed by atoms with Crippen LogP contribution >= 0.6 is 0 Å². The number of esters is 1. The normalized spacial score (nSPS) is 13.8. The Morgan fingerprint density at radius 3 is 2.58 bits per heavy atom. The molecule has 0 amide bonds. The Labute approximate surface area is 180 Å². The molecule has 2 heterocycles. The van der Waals surface area contributed by atoms with Gasteiger partial charge in [-0.2, -0.15) is 0 Å². The van der Waals surface area contributed by atoms with E-state index in [4.69, 9.17) is 4.98 Å². The van der Waals surface area contributed by atoms with E-state index in [0.29, 0.717) is 0 Å². The van der Waals surface area contributed by atoms with E-state index in [0.717, 1.165) is 33.4 Å². The van der Waals surface area contributed by atoms with Crippen molar-refractivity contribution in [3.05, 3.63) is 59.7 Å². The molecular weight excluding hydrogens is 399 g/mol. The third-order valence-electron chi connectivity index (χ3n) is 5.08. The second-order valence-corrected chi connectivity index (χ2v) is 7.78. The van der Waals surface area contributed by atoms with Crippen LogP contribution in [0, 0.1) is 5.82 Å². The van der Waals surface area contributed by atoms with Gasteiger partial charge in [-0.3, -0.25) is 4.79 Å². The number of aromatic nitrogens is 2. The van der Waals surface area contributed by atoms with E-state index >= 15 is 0 Å². The zero-order valence-electron chi connectivity index (χ0n) is 17.8. The number of rotatable bonds is 8. The number of methoxy groups -OCH3 is 1. The zero-order valence-corrected chi connectivity index (χ0v) is 17.8. The Balaban J connectivity index is 2.02. The number of carbonyl (C=O) groups excluding carboxylic acids is 1. The summed E-state index contributed by atoms with van der Waals surface area (Å²) >= 11 is 0. The minimum absolute atomic E-state index is 0.00563. The highest BCUT2D eigenvalue weighted by Gasteiger charge is 2.19. The van der Waals surface area contributed by atoms with E-state index in [1.54, 1.807) is 30.5 Å². The van der Waals surface area contributed by atoms with Crippen LogP contribution in [0.5, 0.6) is 0 Å². The summed E-state index contributed by atoms with van der Waals surface area (Å²) in [6.45, 7) is 4.05. The predicted octanol–water partition coefficient (Wildman–Crippen LogP) is 4.18. The minimum Gasteiger partial charge on any atom is -0.469 e. The third kappa shape index (κ3) is 5.37. The van der Waals surface area contributed by atoms with Gasteiger partial charge in [-0.1, -0.05) is 38.1 Å². The first kappa shape index (κ1) is 22.7. The molecule has 1 aromatic carbocycles. The van der Waals surface area contributed by atoms with Crippen LogP contribution in [0.3, 0.4) is 0 Å². The smallest absolute Gasteiger partial charge is 0.308 e. The van der Waals surface area contributed by atoms with Gasteiger partial charge in [0, 0.05) is 29.1 Å². The Bertz CT molecular complexity index is 1070. The molecule has 0 saturated heterocycles. The molecule has 164 valence electrons. The number of fused-ring (bicyclic) bond motifs is 1. The minimum atomic E-state index is -1.02. The van der Waals surface area contributed by atoms with Crippen molar-refractivity contribution in [1.82, 2.24) is 9.97 Å². The van der Waals surface area contributed by atoms with E-state index in [1.807, 2.05) is 19.9 Å². The van der Waals surface area contributed by atoms with Crippen molar-refractivity contribution in [3.8, 4) is 11.1 Å². The first-order valence-corrected chi connectivity index (χ1v) is 10.2. The van der Waals surface area contributed by atoms with Crippen molar-refractivity contribution in [3.63, 3.8) is 0 Å². The molecule has 6 nitrogen and oxygen atoms in total. The first-order chi connectivity index (χ1) is 14.8. The lowest BCUT2D eigenvalue weighted by Crippen LogP contribution is -2.20. The number of H-pyrrole nitrogens is 1. The number of halogens is 1. The quantitative estimate of drug-likeness (QED) is 0.470. The molecule has 0 saturated carbocycles. The summed E-state index contributed by atoms with van der Waals surface area (Å²) < 4.78 is 18.1. The maximum absolute atomic E-state index is 13.5. The molecule has 31 heavy (non-hydrogen) atoms. The summed E-state index contributed by atoms with van der Waals surface area (Å²) in [4.78, 5) is 19.2. The van der Waals surface area contributed by atoms with Gasteiger partial charge in [-0.05, 0) is 29.7 Å². The summed E-state index contributed by atoms with van der Waals surface area (Å²) in [6, 6.07) is 8.17. The Hall–Kier alpha value is -3.03. The van der Waals surface area contributed by atoms with E-state index < -0.39 is 18.2 Å². The van der Waals surface area contributed by atoms with Gasteiger partial charge in [0.2, 0.25) is 0 Å². The standard InChI is InChI=1S/C24H27FN2O4/c1-14(2)23-19(9-8-17(28)12-18(29)13-21(30)31-3)22(15-4-6-16(25)7-5-15)20-10-11-26-24(20)27-23/h4-11,14,17-18,28-29H,12-13H2,1-3H3,(H,26,27)/b9-8+. The van der Waals surface area contributed by atoms with E-state index in [-0.39, 0.29) is 24.6 Å². The molecule has 0 radical (unpaired) electrons. The second-order valence-electron chi connectivity index (χ2n) is 7.78. The van der Waals surface area contributed by atoms with Crippen molar-refractivity contribution in [2.75, 3.05) is 7.11 Å². The van der Waals surface area contributed by atoms with Gasteiger partial charge >= 0.3 is 5.97 Å². The average molecular weight is 426 g/mol. The van der Waals surface area contributed by atoms with Crippen molar-refractivity contribution in [2.24, 2.45) is 0 Å². The molecule has 3 rings (SSSR count). The topological polar surface area (TPSA) is 95.4 Å². The molecule has 0 spiro atoms. The van der Waals surface area contributed by atoms with Crippen LogP contribution in [0.1, 0.15) is 43.9 Å². The third-order valence-corrected chi connectivity index (χ3v) is 5.08. The van der Waals surface area contributed by atoms with Crippen LogP contribution in [0.25, 0.3) is 28.2 Å². The number of hydrogen-bond acceptors (Lipinski definition) is 5. The number of nitrogens with one attached hydrogen (secondary N) is 1. The second kappa shape index (κ2) is 9.85. The highest BCUT2D eigenvalue weighted by molar-refractivity contribution is 5.98. The van der Waals surface area contributed by atoms with Crippen molar-refractivity contribution in [1.29, 1.82) is 0 Å². The molecule has 2 atom stereocenters. The molecule has 0 aliphatic rings. The number of pyridine rings is 1. The highest BCUT2D eigenvalue weighted by Crippen LogP contribution is 2.36. The van der Waals surface area contributed by atoms with Crippen molar-refractivity contribution < 1.29 is 24.1 Å². The maximum Gasteiger partial charge on any atom is 0.308 e. The SMILES string of the molecule is COC(=O)CC(O)CC(O)/C=C/c1c(C(C)C)nc2[nH]ccc2c1-c1ccc(F)cc1. The number of ether oxygens (including phenoxy) is 1. The fraction of sp³-hybridized carbons (Fsp3) is 0.333. The summed E-state index contributed by atoms with van der Waals surface area (Å²) in [6.07, 6.45) is 2.99. The number of aliphatic hydroxyl groups excluding tert-OH is 2. The number of aliphatic hydroxyl groups is 2. The fourth-order valence-electron chi connectivity index (χ4n) is 3.57. The molecule has 7 heteroatoms. The number of nitrogens with zero attached hydrogens (tertiary/aromatic N) is 1. The van der Waals surface area contributed by atoms with Gasteiger partial charge in [0.25, 0.3) is 0 Å². The monoisotopic (exact) mass is 426 g/mol. The van der Waals surface area contributed by atoms with Crippen LogP contribution in [-0.4, -0.2) is 45.5 Å². The van der Waals surface area contributed by atoms with E-state index in [9.17, 15) is 19.4 Å². The summed E-state index contributed by atoms with van der Waals surface area (Å²) in [7, 11) is 1.25. The van der Waals surface area contributed by atoms with Gasteiger partial charge < -0.3 is 19.9 Å². The molecule has 3 N–H and O–H groups in total. The first-order valence-electron chi connectivity index (χ1n) is 10.2. The number of carbonyl (C=O) groups is 1. The van der Waals surface area contributed by atoms with Crippen LogP contribution in [0.4, 0.5) is 4.39 Å². The van der Waals surface area contributed by atoms with Gasteiger partial charge in [-0.25, -0.2) is 9.37 Å². The summed E-state index contributed by atoms with van der Waals surface area (Å²) in [5, 5.41) is 21.3. The number of benzene rings is 1. The van der Waals surface area contributed by atoms with E-state index in [2.05, 4.69) is 9.72 Å². The Kier molecular flexibility index (Phi) is 7.20. The molecule has 2 unspecified atom stereocenters. The van der Waals surface area contributed by atoms with Crippen LogP contribution in [-0.2, 0) is 9.53 Å². The summed E-state index contributed by atoms with van der Waals surface area (Å²) in [5.41, 5.74) is 4.08. The van der Waals surface area contributed by atoms with Crippen LogP contribution in [0.2, 0.25) is 0 Å². The zero-order chi connectivity index (χ0) is 22.5. The van der Waals surface area contributed by atoms with Gasteiger partial charge in [-0.15, -0.1) is 0 Å². The molecular formula is C24H27FN2O4. The molecule has 0 fully saturated rings. The Morgan fingerprint density at radius 2 is 1.94 bits per heavy atom. The number of hydrogen-bond donors (Lipinski definition) is 3. The van der Waals surface area contributed by atoms with E-state index in [1.165, 1.54) is 19.2 Å². The molecule has 0 bridgehead atoms. The lowest BCUT2D eigenvalue weighted by molar-refractivity contribution is -0.143. The maximum atomic E-state index is 13.5. The molecule has 0 aliphatic heterocycles. The molecule has 2 aromatic heterocycles. The van der Waals surface area contributed by atoms with Gasteiger partial charge in [0.15, 0.2) is 0 Å². The highest BCUT2D eigenvalue weighted by atomic mass is 19.1. The fourth-order valence-corrected chi connectivity index (χ4v) is 3.57. The Morgan fingerprint density at radius 1 is 1.23 bits per heavy atom. The van der Waals surface area contributed by atoms with Crippen LogP contribution in [0.15, 0.2) is 42.6 Å². The van der Waals surface area contributed by atoms with Crippen LogP contribution < -0.4 is 0 Å². The van der Waals surface area contributed by atoms with Crippen molar-refractivity contribution >= 4 is 23.1 Å². The largest absolute Gasteiger partial charge is 0.469 e. The summed E-state index contributed by atoms with van der Waals surface area (Å²) in [5.74, 6) is -0.764. The van der Waals surface area contributed by atoms with Gasteiger partial charge in [0.1, 0.15) is 11.5 Å².